The Labute approximate surface area is 106 Å². The second-order valence-corrected chi connectivity index (χ2v) is 5.68. The van der Waals surface area contributed by atoms with Crippen LogP contribution in [0.3, 0.4) is 0 Å². The summed E-state index contributed by atoms with van der Waals surface area (Å²) < 4.78 is 34.8. The van der Waals surface area contributed by atoms with Gasteiger partial charge in [-0.15, -0.1) is 0 Å². The molecule has 0 bridgehead atoms. The lowest BCUT2D eigenvalue weighted by Gasteiger charge is -2.04. The highest BCUT2D eigenvalue weighted by Gasteiger charge is 2.12. The van der Waals surface area contributed by atoms with Gasteiger partial charge >= 0.3 is 5.97 Å². The van der Waals surface area contributed by atoms with Crippen LogP contribution < -0.4 is 4.72 Å². The molecule has 1 heterocycles. The quantitative estimate of drug-likeness (QED) is 0.722. The number of carbonyl (C=O) groups excluding carboxylic acids is 1. The van der Waals surface area contributed by atoms with Crippen LogP contribution in [0.15, 0.2) is 10.6 Å². The second-order valence-electron chi connectivity index (χ2n) is 3.75. The Bertz CT molecular complexity index is 494. The fourth-order valence-electron chi connectivity index (χ4n) is 1.26. The van der Waals surface area contributed by atoms with Crippen molar-refractivity contribution in [2.45, 2.75) is 26.3 Å². The van der Waals surface area contributed by atoms with Gasteiger partial charge in [-0.05, 0) is 13.3 Å². The number of ether oxygens (including phenoxy) is 1. The molecule has 1 rings (SSSR count). The molecule has 0 spiro atoms. The number of carbonyl (C=O) groups is 1. The van der Waals surface area contributed by atoms with E-state index in [1.165, 1.54) is 7.11 Å². The van der Waals surface area contributed by atoms with Crippen LogP contribution in [-0.2, 0) is 26.1 Å². The molecule has 1 N–H and O–H groups in total. The van der Waals surface area contributed by atoms with E-state index >= 15 is 0 Å². The third kappa shape index (κ3) is 5.28. The fraction of sp³-hybridized carbons (Fsp3) is 0.600. The van der Waals surface area contributed by atoms with Gasteiger partial charge in [-0.2, -0.15) is 0 Å². The van der Waals surface area contributed by atoms with Crippen LogP contribution in [0.4, 0.5) is 0 Å². The zero-order chi connectivity index (χ0) is 13.6. The number of nitrogens with zero attached hydrogens (tertiary/aromatic N) is 1. The van der Waals surface area contributed by atoms with Crippen molar-refractivity contribution in [2.75, 3.05) is 12.9 Å². The highest BCUT2D eigenvalue weighted by atomic mass is 32.2. The SMILES string of the molecule is COC(=O)CCCS(=O)(=O)NCc1cc(C)no1. The number of methoxy groups -OCH3 is 1. The minimum atomic E-state index is -3.42. The first-order valence-corrected chi connectivity index (χ1v) is 7.04. The molecule has 0 radical (unpaired) electrons. The minimum Gasteiger partial charge on any atom is -0.469 e. The third-order valence-electron chi connectivity index (χ3n) is 2.16. The molecule has 18 heavy (non-hydrogen) atoms. The Balaban J connectivity index is 2.33. The number of aromatic nitrogens is 1. The predicted molar refractivity (Wildman–Crippen MR) is 63.1 cm³/mol. The maximum absolute atomic E-state index is 11.6. The first-order valence-electron chi connectivity index (χ1n) is 5.39. The lowest BCUT2D eigenvalue weighted by molar-refractivity contribution is -0.140. The number of aryl methyl sites for hydroxylation is 1. The largest absolute Gasteiger partial charge is 0.469 e. The van der Waals surface area contributed by atoms with E-state index in [-0.39, 0.29) is 25.1 Å². The monoisotopic (exact) mass is 276 g/mol. The molecule has 0 atom stereocenters. The summed E-state index contributed by atoms with van der Waals surface area (Å²) >= 11 is 0. The molecule has 7 nitrogen and oxygen atoms in total. The van der Waals surface area contributed by atoms with Gasteiger partial charge in [0.05, 0.1) is 25.1 Å². The van der Waals surface area contributed by atoms with E-state index < -0.39 is 16.0 Å². The molecular weight excluding hydrogens is 260 g/mol. The summed E-state index contributed by atoms with van der Waals surface area (Å²) in [5, 5.41) is 3.64. The Morgan fingerprint density at radius 3 is 2.83 bits per heavy atom. The van der Waals surface area contributed by atoms with Gasteiger partial charge in [0.25, 0.3) is 0 Å². The lowest BCUT2D eigenvalue weighted by atomic mass is 10.3. The first kappa shape index (κ1) is 14.7. The molecule has 102 valence electrons. The summed E-state index contributed by atoms with van der Waals surface area (Å²) in [5.74, 6) is -0.102. The standard InChI is InChI=1S/C10H16N2O5S/c1-8-6-9(17-12-8)7-11-18(14,15)5-3-4-10(13)16-2/h6,11H,3-5,7H2,1-2H3. The maximum Gasteiger partial charge on any atom is 0.305 e. The van der Waals surface area contributed by atoms with Crippen molar-refractivity contribution < 1.29 is 22.5 Å². The zero-order valence-electron chi connectivity index (χ0n) is 10.3. The van der Waals surface area contributed by atoms with E-state index in [0.717, 1.165) is 0 Å². The molecule has 0 unspecified atom stereocenters. The zero-order valence-corrected chi connectivity index (χ0v) is 11.1. The van der Waals surface area contributed by atoms with E-state index in [2.05, 4.69) is 14.6 Å². The summed E-state index contributed by atoms with van der Waals surface area (Å²) in [6, 6.07) is 1.65. The van der Waals surface area contributed by atoms with Crippen LogP contribution in [-0.4, -0.2) is 32.4 Å². The molecule has 1 aromatic heterocycles. The number of nitrogens with one attached hydrogen (secondary N) is 1. The van der Waals surface area contributed by atoms with Gasteiger partial charge in [0.15, 0.2) is 5.76 Å². The van der Waals surface area contributed by atoms with Gasteiger partial charge in [-0.3, -0.25) is 4.79 Å². The van der Waals surface area contributed by atoms with Crippen LogP contribution in [0.25, 0.3) is 0 Å². The fourth-order valence-corrected chi connectivity index (χ4v) is 2.29. The molecule has 0 saturated carbocycles. The van der Waals surface area contributed by atoms with E-state index in [1.807, 2.05) is 0 Å². The Hall–Kier alpha value is -1.41. The van der Waals surface area contributed by atoms with Gasteiger partial charge in [0, 0.05) is 12.5 Å². The van der Waals surface area contributed by atoms with E-state index in [0.29, 0.717) is 11.5 Å². The molecule has 0 amide bonds. The van der Waals surface area contributed by atoms with Crippen LogP contribution in [0.5, 0.6) is 0 Å². The van der Waals surface area contributed by atoms with Gasteiger partial charge < -0.3 is 9.26 Å². The van der Waals surface area contributed by atoms with Gasteiger partial charge in [-0.1, -0.05) is 5.16 Å². The Morgan fingerprint density at radius 2 is 2.28 bits per heavy atom. The average Bonchev–Trinajstić information content (AvgIpc) is 2.72. The number of esters is 1. The topological polar surface area (TPSA) is 98.5 Å². The first-order chi connectivity index (χ1) is 8.43. The summed E-state index contributed by atoms with van der Waals surface area (Å²) in [6.07, 6.45) is 0.302. The number of sulfonamides is 1. The van der Waals surface area contributed by atoms with E-state index in [4.69, 9.17) is 4.52 Å². The normalized spacial score (nSPS) is 11.4. The molecule has 0 aromatic carbocycles. The average molecular weight is 276 g/mol. The molecule has 0 aliphatic carbocycles. The summed E-state index contributed by atoms with van der Waals surface area (Å²) in [4.78, 5) is 10.8. The Kier molecular flexibility index (Phi) is 5.29. The van der Waals surface area contributed by atoms with Gasteiger partial charge in [0.1, 0.15) is 0 Å². The van der Waals surface area contributed by atoms with Crippen LogP contribution >= 0.6 is 0 Å². The molecule has 0 saturated heterocycles. The molecule has 0 fully saturated rings. The van der Waals surface area contributed by atoms with E-state index in [9.17, 15) is 13.2 Å². The summed E-state index contributed by atoms with van der Waals surface area (Å²) in [7, 11) is -2.15. The molecule has 8 heteroatoms. The van der Waals surface area contributed by atoms with Crippen molar-refractivity contribution in [1.29, 1.82) is 0 Å². The van der Waals surface area contributed by atoms with Crippen molar-refractivity contribution in [2.24, 2.45) is 0 Å². The molecule has 1 aromatic rings. The number of hydrogen-bond acceptors (Lipinski definition) is 6. The van der Waals surface area contributed by atoms with Crippen LogP contribution in [0.2, 0.25) is 0 Å². The predicted octanol–water partition coefficient (Wildman–Crippen LogP) is 0.356. The maximum atomic E-state index is 11.6. The Morgan fingerprint density at radius 1 is 1.56 bits per heavy atom. The molecule has 0 aliphatic rings. The molecule has 0 aliphatic heterocycles. The van der Waals surface area contributed by atoms with Crippen molar-refractivity contribution in [3.63, 3.8) is 0 Å². The smallest absolute Gasteiger partial charge is 0.305 e. The second kappa shape index (κ2) is 6.50. The highest BCUT2D eigenvalue weighted by molar-refractivity contribution is 7.89. The summed E-state index contributed by atoms with van der Waals surface area (Å²) in [5.41, 5.74) is 0.690. The van der Waals surface area contributed by atoms with Crippen LogP contribution in [0, 0.1) is 6.92 Å². The molecular formula is C10H16N2O5S. The van der Waals surface area contributed by atoms with Gasteiger partial charge in [0.2, 0.25) is 10.0 Å². The lowest BCUT2D eigenvalue weighted by Crippen LogP contribution is -2.26. The van der Waals surface area contributed by atoms with Crippen molar-refractivity contribution >= 4 is 16.0 Å². The third-order valence-corrected chi connectivity index (χ3v) is 3.58. The van der Waals surface area contributed by atoms with Crippen molar-refractivity contribution in [3.05, 3.63) is 17.5 Å². The minimum absolute atomic E-state index is 0.0569. The highest BCUT2D eigenvalue weighted by Crippen LogP contribution is 2.03. The summed E-state index contributed by atoms with van der Waals surface area (Å²) in [6.45, 7) is 1.80. The van der Waals surface area contributed by atoms with Crippen molar-refractivity contribution in [1.82, 2.24) is 9.88 Å². The number of hydrogen-bond donors (Lipinski definition) is 1. The van der Waals surface area contributed by atoms with Crippen LogP contribution in [0.1, 0.15) is 24.3 Å². The van der Waals surface area contributed by atoms with E-state index in [1.54, 1.807) is 13.0 Å². The van der Waals surface area contributed by atoms with Gasteiger partial charge in [-0.25, -0.2) is 13.1 Å². The van der Waals surface area contributed by atoms with Crippen molar-refractivity contribution in [3.8, 4) is 0 Å². The number of rotatable bonds is 7.